The summed E-state index contributed by atoms with van der Waals surface area (Å²) in [5.74, 6) is 0. The number of nitrogens with one attached hydrogen (secondary N) is 1. The minimum atomic E-state index is 0.197. The first-order valence-electron chi connectivity index (χ1n) is 6.67. The van der Waals surface area contributed by atoms with Crippen LogP contribution in [0.5, 0.6) is 0 Å². The van der Waals surface area contributed by atoms with E-state index in [1.165, 1.54) is 5.56 Å². The van der Waals surface area contributed by atoms with Crippen LogP contribution in [0.4, 0.5) is 0 Å². The Balaban J connectivity index is 2.21. The summed E-state index contributed by atoms with van der Waals surface area (Å²) in [7, 11) is 1.94. The maximum absolute atomic E-state index is 6.26. The summed E-state index contributed by atoms with van der Waals surface area (Å²) in [6.45, 7) is 3.14. The second-order valence-corrected chi connectivity index (χ2v) is 5.10. The van der Waals surface area contributed by atoms with Gasteiger partial charge in [-0.1, -0.05) is 48.9 Å². The maximum atomic E-state index is 6.26. The minimum absolute atomic E-state index is 0.197. The van der Waals surface area contributed by atoms with E-state index < -0.39 is 0 Å². The van der Waals surface area contributed by atoms with Crippen LogP contribution in [0.3, 0.4) is 0 Å². The summed E-state index contributed by atoms with van der Waals surface area (Å²) in [6, 6.07) is 10.7. The van der Waals surface area contributed by atoms with Gasteiger partial charge in [0.2, 0.25) is 0 Å². The van der Waals surface area contributed by atoms with Crippen LogP contribution >= 0.6 is 11.6 Å². The van der Waals surface area contributed by atoms with Crippen LogP contribution in [0.2, 0.25) is 5.02 Å². The third kappa shape index (κ3) is 3.58. The van der Waals surface area contributed by atoms with Crippen LogP contribution in [0.15, 0.2) is 36.5 Å². The molecule has 4 heteroatoms. The molecule has 1 aromatic carbocycles. The second-order valence-electron chi connectivity index (χ2n) is 4.70. The molecule has 19 heavy (non-hydrogen) atoms. The Labute approximate surface area is 119 Å². The highest BCUT2D eigenvalue weighted by molar-refractivity contribution is 6.31. The van der Waals surface area contributed by atoms with Gasteiger partial charge in [0.1, 0.15) is 0 Å². The summed E-state index contributed by atoms with van der Waals surface area (Å²) in [6.07, 6.45) is 3.73. The molecule has 2 rings (SSSR count). The fourth-order valence-corrected chi connectivity index (χ4v) is 2.54. The van der Waals surface area contributed by atoms with Crippen LogP contribution < -0.4 is 5.32 Å². The lowest BCUT2D eigenvalue weighted by molar-refractivity contribution is 0.493. The Morgan fingerprint density at radius 3 is 2.63 bits per heavy atom. The topological polar surface area (TPSA) is 29.9 Å². The van der Waals surface area contributed by atoms with E-state index >= 15 is 0 Å². The standard InChI is InChI=1S/C15H20ClN3/c1-3-9-17-14(10-12-7-5-4-6-8-12)15-13(16)11-18-19(15)2/h4-8,11,14,17H,3,9-10H2,1-2H3. The smallest absolute Gasteiger partial charge is 0.0834 e. The molecule has 0 aliphatic rings. The minimum Gasteiger partial charge on any atom is -0.308 e. The summed E-state index contributed by atoms with van der Waals surface area (Å²) < 4.78 is 1.86. The average Bonchev–Trinajstić information content (AvgIpc) is 2.75. The number of aromatic nitrogens is 2. The highest BCUT2D eigenvalue weighted by atomic mass is 35.5. The Kier molecular flexibility index (Phi) is 5.00. The molecule has 0 radical (unpaired) electrons. The van der Waals surface area contributed by atoms with Crippen molar-refractivity contribution in [2.45, 2.75) is 25.8 Å². The van der Waals surface area contributed by atoms with Crippen molar-refractivity contribution in [1.29, 1.82) is 0 Å². The first-order chi connectivity index (χ1) is 9.22. The van der Waals surface area contributed by atoms with Crippen molar-refractivity contribution in [2.24, 2.45) is 7.05 Å². The maximum Gasteiger partial charge on any atom is 0.0834 e. The molecular weight excluding hydrogens is 258 g/mol. The summed E-state index contributed by atoms with van der Waals surface area (Å²) in [5, 5.41) is 8.52. The largest absolute Gasteiger partial charge is 0.308 e. The van der Waals surface area contributed by atoms with E-state index in [1.54, 1.807) is 6.20 Å². The molecule has 0 saturated heterocycles. The lowest BCUT2D eigenvalue weighted by Crippen LogP contribution is -2.26. The van der Waals surface area contributed by atoms with Gasteiger partial charge in [0.25, 0.3) is 0 Å². The predicted molar refractivity (Wildman–Crippen MR) is 79.4 cm³/mol. The number of nitrogens with zero attached hydrogens (tertiary/aromatic N) is 2. The van der Waals surface area contributed by atoms with Gasteiger partial charge in [-0.2, -0.15) is 5.10 Å². The monoisotopic (exact) mass is 277 g/mol. The van der Waals surface area contributed by atoms with Crippen molar-refractivity contribution in [2.75, 3.05) is 6.54 Å². The SMILES string of the molecule is CCCNC(Cc1ccccc1)c1c(Cl)cnn1C. The van der Waals surface area contributed by atoms with Gasteiger partial charge in [-0.15, -0.1) is 0 Å². The van der Waals surface area contributed by atoms with Crippen LogP contribution in [-0.4, -0.2) is 16.3 Å². The number of halogens is 1. The van der Waals surface area contributed by atoms with Crippen LogP contribution in [0.25, 0.3) is 0 Å². The Hall–Kier alpha value is -1.32. The van der Waals surface area contributed by atoms with Crippen molar-refractivity contribution < 1.29 is 0 Å². The zero-order valence-electron chi connectivity index (χ0n) is 11.4. The van der Waals surface area contributed by atoms with Crippen LogP contribution in [-0.2, 0) is 13.5 Å². The zero-order chi connectivity index (χ0) is 13.7. The van der Waals surface area contributed by atoms with Gasteiger partial charge < -0.3 is 5.32 Å². The quantitative estimate of drug-likeness (QED) is 0.877. The molecule has 0 saturated carbocycles. The normalized spacial score (nSPS) is 12.6. The molecule has 0 fully saturated rings. The van der Waals surface area contributed by atoms with E-state index in [1.807, 2.05) is 17.8 Å². The molecular formula is C15H20ClN3. The van der Waals surface area contributed by atoms with Gasteiger partial charge in [0, 0.05) is 7.05 Å². The molecule has 1 atom stereocenters. The van der Waals surface area contributed by atoms with Gasteiger partial charge in [-0.25, -0.2) is 0 Å². The van der Waals surface area contributed by atoms with Gasteiger partial charge in [0.05, 0.1) is 23.0 Å². The zero-order valence-corrected chi connectivity index (χ0v) is 12.2. The number of aryl methyl sites for hydroxylation is 1. The fourth-order valence-electron chi connectivity index (χ4n) is 2.25. The molecule has 102 valence electrons. The molecule has 0 amide bonds. The molecule has 0 aliphatic carbocycles. The van der Waals surface area contributed by atoms with Crippen LogP contribution in [0.1, 0.15) is 30.6 Å². The average molecular weight is 278 g/mol. The van der Waals surface area contributed by atoms with Crippen molar-refractivity contribution >= 4 is 11.6 Å². The molecule has 0 aliphatic heterocycles. The molecule has 1 N–H and O–H groups in total. The first kappa shape index (κ1) is 14.1. The van der Waals surface area contributed by atoms with Crippen molar-refractivity contribution in [3.63, 3.8) is 0 Å². The summed E-state index contributed by atoms with van der Waals surface area (Å²) in [5.41, 5.74) is 2.35. The second kappa shape index (κ2) is 6.73. The van der Waals surface area contributed by atoms with E-state index in [9.17, 15) is 0 Å². The van der Waals surface area contributed by atoms with Crippen LogP contribution in [0, 0.1) is 0 Å². The predicted octanol–water partition coefficient (Wildman–Crippen LogP) is 3.36. The Morgan fingerprint density at radius 2 is 2.05 bits per heavy atom. The summed E-state index contributed by atoms with van der Waals surface area (Å²) >= 11 is 6.26. The van der Waals surface area contributed by atoms with Gasteiger partial charge in [0.15, 0.2) is 0 Å². The molecule has 0 bridgehead atoms. The lowest BCUT2D eigenvalue weighted by Gasteiger charge is -2.19. The lowest BCUT2D eigenvalue weighted by atomic mass is 10.0. The molecule has 1 heterocycles. The highest BCUT2D eigenvalue weighted by Gasteiger charge is 2.18. The molecule has 2 aromatic rings. The molecule has 3 nitrogen and oxygen atoms in total. The highest BCUT2D eigenvalue weighted by Crippen LogP contribution is 2.25. The Bertz CT molecular complexity index is 488. The molecule has 1 unspecified atom stereocenters. The number of hydrogen-bond donors (Lipinski definition) is 1. The number of hydrogen-bond acceptors (Lipinski definition) is 2. The van der Waals surface area contributed by atoms with Crippen molar-refractivity contribution in [1.82, 2.24) is 15.1 Å². The van der Waals surface area contributed by atoms with Crippen molar-refractivity contribution in [3.8, 4) is 0 Å². The first-order valence-corrected chi connectivity index (χ1v) is 7.05. The summed E-state index contributed by atoms with van der Waals surface area (Å²) in [4.78, 5) is 0. The third-order valence-electron chi connectivity index (χ3n) is 3.19. The van der Waals surface area contributed by atoms with Crippen molar-refractivity contribution in [3.05, 3.63) is 52.8 Å². The Morgan fingerprint density at radius 1 is 1.32 bits per heavy atom. The van der Waals surface area contributed by atoms with E-state index in [4.69, 9.17) is 11.6 Å². The number of rotatable bonds is 6. The van der Waals surface area contributed by atoms with E-state index in [2.05, 4.69) is 41.6 Å². The fraction of sp³-hybridized carbons (Fsp3) is 0.400. The van der Waals surface area contributed by atoms with E-state index in [0.717, 1.165) is 30.1 Å². The van der Waals surface area contributed by atoms with Gasteiger partial charge in [-0.05, 0) is 24.9 Å². The number of benzene rings is 1. The van der Waals surface area contributed by atoms with Gasteiger partial charge >= 0.3 is 0 Å². The molecule has 0 spiro atoms. The van der Waals surface area contributed by atoms with E-state index in [-0.39, 0.29) is 6.04 Å². The van der Waals surface area contributed by atoms with E-state index in [0.29, 0.717) is 0 Å². The van der Waals surface area contributed by atoms with Gasteiger partial charge in [-0.3, -0.25) is 4.68 Å². The third-order valence-corrected chi connectivity index (χ3v) is 3.48. The molecule has 1 aromatic heterocycles.